The minimum Gasteiger partial charge on any atom is -0.465 e. The molecule has 0 aliphatic heterocycles. The first kappa shape index (κ1) is 11.8. The van der Waals surface area contributed by atoms with Crippen molar-refractivity contribution in [3.8, 4) is 6.07 Å². The van der Waals surface area contributed by atoms with Gasteiger partial charge in [0.05, 0.1) is 6.07 Å². The molecule has 2 rings (SSSR count). The maximum atomic E-state index is 8.78. The Labute approximate surface area is 90.1 Å². The summed E-state index contributed by atoms with van der Waals surface area (Å²) in [7, 11) is 0. The molecule has 3 N–H and O–H groups in total. The van der Waals surface area contributed by atoms with Crippen molar-refractivity contribution >= 4 is 6.09 Å². The van der Waals surface area contributed by atoms with Crippen molar-refractivity contribution in [2.75, 3.05) is 0 Å². The Morgan fingerprint density at radius 3 is 2.07 bits per heavy atom. The predicted octanol–water partition coefficient (Wildman–Crippen LogP) is 2.21. The monoisotopic (exact) mass is 210 g/mol. The van der Waals surface area contributed by atoms with Crippen molar-refractivity contribution in [1.29, 1.82) is 5.26 Å². The molecule has 84 valence electrons. The highest BCUT2D eigenvalue weighted by Crippen LogP contribution is 2.48. The van der Waals surface area contributed by atoms with Gasteiger partial charge in [-0.3, -0.25) is 0 Å². The van der Waals surface area contributed by atoms with E-state index in [2.05, 4.69) is 18.7 Å². The number of nitriles is 1. The topological polar surface area (TPSA) is 87.1 Å². The van der Waals surface area contributed by atoms with Gasteiger partial charge in [0, 0.05) is 5.92 Å². The molecule has 4 nitrogen and oxygen atoms in total. The van der Waals surface area contributed by atoms with Gasteiger partial charge in [-0.15, -0.1) is 0 Å². The van der Waals surface area contributed by atoms with Gasteiger partial charge in [0.2, 0.25) is 0 Å². The third-order valence-electron chi connectivity index (χ3n) is 3.43. The number of hydrogen-bond donors (Lipinski definition) is 2. The fraction of sp³-hybridized carbons (Fsp3) is 0.818. The zero-order valence-electron chi connectivity index (χ0n) is 9.02. The lowest BCUT2D eigenvalue weighted by Gasteiger charge is -2.04. The van der Waals surface area contributed by atoms with Crippen LogP contribution in [0.15, 0.2) is 0 Å². The van der Waals surface area contributed by atoms with E-state index in [0.29, 0.717) is 5.92 Å². The molecule has 0 aromatic carbocycles. The maximum Gasteiger partial charge on any atom is 0.402 e. The maximum absolute atomic E-state index is 8.78. The highest BCUT2D eigenvalue weighted by Gasteiger charge is 2.39. The van der Waals surface area contributed by atoms with Crippen molar-refractivity contribution in [1.82, 2.24) is 0 Å². The molecule has 4 atom stereocenters. The fourth-order valence-electron chi connectivity index (χ4n) is 3.02. The summed E-state index contributed by atoms with van der Waals surface area (Å²) < 4.78 is 0. The molecule has 0 saturated heterocycles. The summed E-state index contributed by atoms with van der Waals surface area (Å²) in [4.78, 5) is 8.78. The Morgan fingerprint density at radius 2 is 1.73 bits per heavy atom. The number of amides is 1. The molecule has 0 heterocycles. The van der Waals surface area contributed by atoms with Crippen molar-refractivity contribution in [2.24, 2.45) is 29.4 Å². The van der Waals surface area contributed by atoms with Crippen molar-refractivity contribution < 1.29 is 9.90 Å². The van der Waals surface area contributed by atoms with Gasteiger partial charge in [0.25, 0.3) is 0 Å². The first-order valence-corrected chi connectivity index (χ1v) is 5.41. The second kappa shape index (κ2) is 5.01. The van der Waals surface area contributed by atoms with Crippen molar-refractivity contribution in [2.45, 2.75) is 32.6 Å². The third kappa shape index (κ3) is 3.43. The Kier molecular flexibility index (Phi) is 3.96. The van der Waals surface area contributed by atoms with Crippen LogP contribution in [0.2, 0.25) is 0 Å². The van der Waals surface area contributed by atoms with Gasteiger partial charge in [-0.05, 0) is 43.4 Å². The summed E-state index contributed by atoms with van der Waals surface area (Å²) in [5.74, 6) is 3.16. The van der Waals surface area contributed by atoms with Crippen molar-refractivity contribution in [3.05, 3.63) is 0 Å². The molecule has 0 aromatic heterocycles. The van der Waals surface area contributed by atoms with Crippen LogP contribution in [0.4, 0.5) is 4.79 Å². The van der Waals surface area contributed by atoms with E-state index >= 15 is 0 Å². The highest BCUT2D eigenvalue weighted by molar-refractivity contribution is 5.61. The second-order valence-corrected chi connectivity index (χ2v) is 4.73. The normalized spacial score (nSPS) is 37.3. The molecule has 2 aliphatic rings. The van der Waals surface area contributed by atoms with E-state index in [-0.39, 0.29) is 0 Å². The molecule has 0 radical (unpaired) electrons. The van der Waals surface area contributed by atoms with Gasteiger partial charge in [-0.2, -0.15) is 5.26 Å². The van der Waals surface area contributed by atoms with Crippen LogP contribution in [0.5, 0.6) is 0 Å². The zero-order chi connectivity index (χ0) is 11.4. The van der Waals surface area contributed by atoms with Crippen LogP contribution in [0.25, 0.3) is 0 Å². The molecule has 2 fully saturated rings. The summed E-state index contributed by atoms with van der Waals surface area (Å²) >= 11 is 0. The number of nitrogens with zero attached hydrogens (tertiary/aromatic N) is 1. The average molecular weight is 210 g/mol. The van der Waals surface area contributed by atoms with Gasteiger partial charge in [-0.25, -0.2) is 4.79 Å². The van der Waals surface area contributed by atoms with Gasteiger partial charge in [0.15, 0.2) is 0 Å². The number of rotatable bonds is 0. The molecular weight excluding hydrogens is 192 g/mol. The van der Waals surface area contributed by atoms with E-state index < -0.39 is 6.09 Å². The fourth-order valence-corrected chi connectivity index (χ4v) is 3.02. The third-order valence-corrected chi connectivity index (χ3v) is 3.43. The Morgan fingerprint density at radius 1 is 1.33 bits per heavy atom. The van der Waals surface area contributed by atoms with Crippen molar-refractivity contribution in [3.63, 3.8) is 0 Å². The van der Waals surface area contributed by atoms with Gasteiger partial charge in [-0.1, -0.05) is 6.92 Å². The lowest BCUT2D eigenvalue weighted by atomic mass is 10.0. The summed E-state index contributed by atoms with van der Waals surface area (Å²) in [5.41, 5.74) is 4.03. The molecule has 15 heavy (non-hydrogen) atoms. The van der Waals surface area contributed by atoms with E-state index in [9.17, 15) is 0 Å². The molecule has 0 spiro atoms. The largest absolute Gasteiger partial charge is 0.465 e. The minimum absolute atomic E-state index is 0.400. The van der Waals surface area contributed by atoms with Gasteiger partial charge >= 0.3 is 6.09 Å². The molecular formula is C11H18N2O2. The van der Waals surface area contributed by atoms with Crippen LogP contribution < -0.4 is 5.73 Å². The lowest BCUT2D eigenvalue weighted by molar-refractivity contribution is 0.205. The van der Waals surface area contributed by atoms with Crippen LogP contribution in [0.1, 0.15) is 32.6 Å². The molecule has 0 bridgehead atoms. The Bertz CT molecular complexity index is 254. The smallest absolute Gasteiger partial charge is 0.402 e. The Hall–Kier alpha value is -1.24. The molecule has 2 saturated carbocycles. The second-order valence-electron chi connectivity index (χ2n) is 4.73. The number of fused-ring (bicyclic) bond motifs is 1. The van der Waals surface area contributed by atoms with E-state index in [1.807, 2.05) is 0 Å². The minimum atomic E-state index is -1.33. The molecule has 2 aliphatic carbocycles. The van der Waals surface area contributed by atoms with Crippen LogP contribution >= 0.6 is 0 Å². The van der Waals surface area contributed by atoms with E-state index in [0.717, 1.165) is 17.8 Å². The first-order valence-electron chi connectivity index (χ1n) is 5.41. The standard InChI is InChI=1S/C10H15N.CH3NO2/c1-7-2-9-4-8(6-11)5-10(9)3-7;2-1(3)4/h7-10H,2-5H2,1H3;2H2,(H,3,4)/t7?,8?,9-,10+;. The summed E-state index contributed by atoms with van der Waals surface area (Å²) in [5, 5.41) is 15.9. The number of hydrogen-bond acceptors (Lipinski definition) is 2. The van der Waals surface area contributed by atoms with E-state index in [1.165, 1.54) is 25.7 Å². The van der Waals surface area contributed by atoms with E-state index in [1.54, 1.807) is 0 Å². The zero-order valence-corrected chi connectivity index (χ0v) is 9.02. The van der Waals surface area contributed by atoms with Crippen LogP contribution in [-0.4, -0.2) is 11.2 Å². The number of nitrogens with two attached hydrogens (primary N) is 1. The molecule has 2 unspecified atom stereocenters. The lowest BCUT2D eigenvalue weighted by Crippen LogP contribution is -2.03. The van der Waals surface area contributed by atoms with Gasteiger partial charge < -0.3 is 10.8 Å². The Balaban J connectivity index is 0.000000245. The molecule has 4 heteroatoms. The highest BCUT2D eigenvalue weighted by atomic mass is 16.4. The van der Waals surface area contributed by atoms with E-state index in [4.69, 9.17) is 15.2 Å². The number of primary amides is 1. The van der Waals surface area contributed by atoms with Crippen LogP contribution in [0, 0.1) is 35.0 Å². The van der Waals surface area contributed by atoms with Crippen LogP contribution in [0.3, 0.4) is 0 Å². The number of carbonyl (C=O) groups is 1. The van der Waals surface area contributed by atoms with Crippen LogP contribution in [-0.2, 0) is 0 Å². The summed E-state index contributed by atoms with van der Waals surface area (Å²) in [6.45, 7) is 2.35. The average Bonchev–Trinajstić information content (AvgIpc) is 2.59. The molecule has 0 aromatic rings. The quantitative estimate of drug-likeness (QED) is 0.642. The predicted molar refractivity (Wildman–Crippen MR) is 55.9 cm³/mol. The first-order chi connectivity index (χ1) is 7.02. The summed E-state index contributed by atoms with van der Waals surface area (Å²) in [6, 6.07) is 2.41. The number of carboxylic acid groups (broad SMARTS) is 1. The van der Waals surface area contributed by atoms with Gasteiger partial charge in [0.1, 0.15) is 0 Å². The SMILES string of the molecule is CC1C[C@@H]2CC(C#N)C[C@@H]2C1.NC(=O)O. The molecule has 1 amide bonds. The summed E-state index contributed by atoms with van der Waals surface area (Å²) in [6.07, 6.45) is 3.85.